The van der Waals surface area contributed by atoms with Crippen LogP contribution in [0, 0.1) is 11.7 Å². The van der Waals surface area contributed by atoms with Gasteiger partial charge in [-0.3, -0.25) is 4.79 Å². The lowest BCUT2D eigenvalue weighted by atomic mass is 10.0. The zero-order valence-electron chi connectivity index (χ0n) is 10.5. The number of anilines is 1. The summed E-state index contributed by atoms with van der Waals surface area (Å²) in [5.41, 5.74) is 0.196. The molecule has 0 radical (unpaired) electrons. The second-order valence-corrected chi connectivity index (χ2v) is 5.69. The van der Waals surface area contributed by atoms with Gasteiger partial charge in [-0.25, -0.2) is 9.18 Å². The molecule has 0 aliphatic carbocycles. The predicted octanol–water partition coefficient (Wildman–Crippen LogP) is 2.46. The minimum atomic E-state index is -1.04. The second-order valence-electron chi connectivity index (χ2n) is 4.43. The summed E-state index contributed by atoms with van der Waals surface area (Å²) in [6.45, 7) is 0.157. The number of carboxylic acids is 1. The third kappa shape index (κ3) is 3.84. The Labute approximate surface area is 132 Å². The highest BCUT2D eigenvalue weighted by molar-refractivity contribution is 9.10. The molecule has 2 atom stereocenters. The monoisotopic (exact) mass is 380 g/mol. The molecule has 9 heteroatoms. The molecule has 2 amide bonds. The Bertz CT molecular complexity index is 563. The smallest absolute Gasteiger partial charge is 0.319 e. The number of urea groups is 1. The molecule has 0 spiro atoms. The van der Waals surface area contributed by atoms with Gasteiger partial charge in [0.15, 0.2) is 0 Å². The fourth-order valence-electron chi connectivity index (χ4n) is 1.92. The first-order chi connectivity index (χ1) is 9.88. The van der Waals surface area contributed by atoms with Gasteiger partial charge in [0, 0.05) is 4.47 Å². The Hall–Kier alpha value is -1.38. The van der Waals surface area contributed by atoms with Crippen LogP contribution in [0.25, 0.3) is 0 Å². The number of rotatable bonds is 3. The first-order valence-electron chi connectivity index (χ1n) is 5.91. The Morgan fingerprint density at radius 3 is 2.76 bits per heavy atom. The summed E-state index contributed by atoms with van der Waals surface area (Å²) in [5.74, 6) is -2.39. The van der Waals surface area contributed by atoms with Crippen LogP contribution < -0.4 is 10.6 Å². The van der Waals surface area contributed by atoms with E-state index in [1.807, 2.05) is 0 Å². The van der Waals surface area contributed by atoms with Crippen LogP contribution in [-0.2, 0) is 9.53 Å². The van der Waals surface area contributed by atoms with Crippen molar-refractivity contribution in [1.29, 1.82) is 0 Å². The number of amides is 2. The number of carboxylic acid groups (broad SMARTS) is 1. The van der Waals surface area contributed by atoms with E-state index in [1.54, 1.807) is 0 Å². The molecule has 1 aromatic carbocycles. The molecule has 3 N–H and O–H groups in total. The molecule has 114 valence electrons. The Morgan fingerprint density at radius 2 is 2.14 bits per heavy atom. The zero-order chi connectivity index (χ0) is 15.6. The number of hydrogen-bond acceptors (Lipinski definition) is 3. The van der Waals surface area contributed by atoms with E-state index in [4.69, 9.17) is 21.4 Å². The minimum absolute atomic E-state index is 0.0227. The molecular formula is C12H11BrClFN2O4. The van der Waals surface area contributed by atoms with Gasteiger partial charge in [-0.2, -0.15) is 0 Å². The molecule has 1 heterocycles. The van der Waals surface area contributed by atoms with Crippen LogP contribution in [0.3, 0.4) is 0 Å². The number of aliphatic carboxylic acids is 1. The second kappa shape index (κ2) is 6.59. The standard InChI is InChI=1S/C12H11BrClFN2O4/c13-7-1-5(15)2-8(14)10(7)17-12(20)16-9-4-21-3-6(9)11(18)19/h1-2,6,9H,3-4H2,(H,18,19)(H2,16,17,20). The van der Waals surface area contributed by atoms with Crippen molar-refractivity contribution in [3.05, 3.63) is 27.4 Å². The van der Waals surface area contributed by atoms with Gasteiger partial charge in [0.2, 0.25) is 0 Å². The molecule has 1 aliphatic heterocycles. The van der Waals surface area contributed by atoms with Crippen LogP contribution in [0.15, 0.2) is 16.6 Å². The van der Waals surface area contributed by atoms with Crippen LogP contribution in [0.1, 0.15) is 0 Å². The molecule has 21 heavy (non-hydrogen) atoms. The van der Waals surface area contributed by atoms with E-state index in [9.17, 15) is 14.0 Å². The summed E-state index contributed by atoms with van der Waals surface area (Å²) in [5, 5.41) is 14.0. The lowest BCUT2D eigenvalue weighted by molar-refractivity contribution is -0.142. The SMILES string of the molecule is O=C(Nc1c(Cl)cc(F)cc1Br)NC1COCC1C(=O)O. The van der Waals surface area contributed by atoms with Crippen molar-refractivity contribution in [2.45, 2.75) is 6.04 Å². The van der Waals surface area contributed by atoms with E-state index in [1.165, 1.54) is 0 Å². The van der Waals surface area contributed by atoms with Gasteiger partial charge in [-0.1, -0.05) is 11.6 Å². The number of ether oxygens (including phenoxy) is 1. The molecule has 0 bridgehead atoms. The third-order valence-corrected chi connectivity index (χ3v) is 3.88. The minimum Gasteiger partial charge on any atom is -0.481 e. The number of benzene rings is 1. The molecule has 1 saturated heterocycles. The zero-order valence-corrected chi connectivity index (χ0v) is 12.9. The van der Waals surface area contributed by atoms with Crippen LogP contribution >= 0.6 is 27.5 Å². The molecular weight excluding hydrogens is 370 g/mol. The van der Waals surface area contributed by atoms with Gasteiger partial charge >= 0.3 is 12.0 Å². The van der Waals surface area contributed by atoms with E-state index in [2.05, 4.69) is 26.6 Å². The lowest BCUT2D eigenvalue weighted by Crippen LogP contribution is -2.44. The van der Waals surface area contributed by atoms with Gasteiger partial charge in [0.05, 0.1) is 30.0 Å². The van der Waals surface area contributed by atoms with E-state index in [0.29, 0.717) is 0 Å². The number of carbonyl (C=O) groups is 2. The van der Waals surface area contributed by atoms with Gasteiger partial charge in [-0.05, 0) is 28.1 Å². The van der Waals surface area contributed by atoms with Crippen molar-refractivity contribution in [1.82, 2.24) is 5.32 Å². The predicted molar refractivity (Wildman–Crippen MR) is 77.0 cm³/mol. The summed E-state index contributed by atoms with van der Waals surface area (Å²) >= 11 is 8.93. The third-order valence-electron chi connectivity index (χ3n) is 2.96. The van der Waals surface area contributed by atoms with Gasteiger partial charge in [-0.15, -0.1) is 0 Å². The van der Waals surface area contributed by atoms with Gasteiger partial charge < -0.3 is 20.5 Å². The molecule has 0 aromatic heterocycles. The van der Waals surface area contributed by atoms with Crippen LogP contribution in [0.4, 0.5) is 14.9 Å². The Balaban J connectivity index is 2.04. The van der Waals surface area contributed by atoms with Crippen molar-refractivity contribution in [2.75, 3.05) is 18.5 Å². The van der Waals surface area contributed by atoms with E-state index >= 15 is 0 Å². The fraction of sp³-hybridized carbons (Fsp3) is 0.333. The number of hydrogen-bond donors (Lipinski definition) is 3. The highest BCUT2D eigenvalue weighted by Crippen LogP contribution is 2.31. The molecule has 1 aromatic rings. The molecule has 0 saturated carbocycles. The first kappa shape index (κ1) is 16.0. The quantitative estimate of drug-likeness (QED) is 0.750. The first-order valence-corrected chi connectivity index (χ1v) is 7.08. The number of carbonyl (C=O) groups excluding carboxylic acids is 1. The molecule has 1 fully saturated rings. The largest absolute Gasteiger partial charge is 0.481 e. The molecule has 1 aliphatic rings. The molecule has 2 unspecified atom stereocenters. The highest BCUT2D eigenvalue weighted by Gasteiger charge is 2.35. The van der Waals surface area contributed by atoms with Gasteiger partial charge in [0.25, 0.3) is 0 Å². The average molecular weight is 382 g/mol. The number of halogens is 3. The van der Waals surface area contributed by atoms with Gasteiger partial charge in [0.1, 0.15) is 11.7 Å². The lowest BCUT2D eigenvalue weighted by Gasteiger charge is -2.17. The van der Waals surface area contributed by atoms with Crippen LogP contribution in [0.5, 0.6) is 0 Å². The summed E-state index contributed by atoms with van der Waals surface area (Å²) in [6, 6.07) is 0.924. The Morgan fingerprint density at radius 1 is 1.43 bits per heavy atom. The summed E-state index contributed by atoms with van der Waals surface area (Å²) < 4.78 is 18.4. The fourth-order valence-corrected chi connectivity index (χ4v) is 2.82. The topological polar surface area (TPSA) is 87.7 Å². The Kier molecular flexibility index (Phi) is 5.02. The maximum absolute atomic E-state index is 13.1. The highest BCUT2D eigenvalue weighted by atomic mass is 79.9. The van der Waals surface area contributed by atoms with Crippen LogP contribution in [-0.4, -0.2) is 36.4 Å². The van der Waals surface area contributed by atoms with E-state index in [-0.39, 0.29) is 28.4 Å². The maximum atomic E-state index is 13.1. The normalized spacial score (nSPS) is 21.1. The average Bonchev–Trinajstić information content (AvgIpc) is 2.82. The maximum Gasteiger partial charge on any atom is 0.319 e. The number of nitrogens with one attached hydrogen (secondary N) is 2. The van der Waals surface area contributed by atoms with Crippen molar-refractivity contribution >= 4 is 45.2 Å². The van der Waals surface area contributed by atoms with Crippen LogP contribution in [0.2, 0.25) is 5.02 Å². The summed E-state index contributed by atoms with van der Waals surface area (Å²) in [7, 11) is 0. The van der Waals surface area contributed by atoms with E-state index < -0.39 is 29.8 Å². The summed E-state index contributed by atoms with van der Waals surface area (Å²) in [6.07, 6.45) is 0. The van der Waals surface area contributed by atoms with Crippen molar-refractivity contribution in [3.63, 3.8) is 0 Å². The van der Waals surface area contributed by atoms with Crippen molar-refractivity contribution < 1.29 is 23.8 Å². The van der Waals surface area contributed by atoms with Crippen molar-refractivity contribution in [3.8, 4) is 0 Å². The molecule has 6 nitrogen and oxygen atoms in total. The summed E-state index contributed by atoms with van der Waals surface area (Å²) in [4.78, 5) is 22.9. The molecule has 2 rings (SSSR count). The van der Waals surface area contributed by atoms with Crippen molar-refractivity contribution in [2.24, 2.45) is 5.92 Å². The van der Waals surface area contributed by atoms with E-state index in [0.717, 1.165) is 12.1 Å².